The van der Waals surface area contributed by atoms with Gasteiger partial charge in [-0.15, -0.1) is 11.3 Å². The average Bonchev–Trinajstić information content (AvgIpc) is 2.88. The van der Waals surface area contributed by atoms with Crippen LogP contribution in [-0.4, -0.2) is 19.3 Å². The molecule has 3 unspecified atom stereocenters. The largest absolute Gasteiger partial charge is 0.376 e. The number of thiophene rings is 1. The van der Waals surface area contributed by atoms with Gasteiger partial charge in [0.25, 0.3) is 0 Å². The molecule has 1 aliphatic heterocycles. The van der Waals surface area contributed by atoms with Crippen molar-refractivity contribution in [3.8, 4) is 0 Å². The van der Waals surface area contributed by atoms with Crippen molar-refractivity contribution in [2.24, 2.45) is 5.92 Å². The Kier molecular flexibility index (Phi) is 5.51. The lowest BCUT2D eigenvalue weighted by atomic mass is 9.96. The summed E-state index contributed by atoms with van der Waals surface area (Å²) in [4.78, 5) is 1.26. The fourth-order valence-electron chi connectivity index (χ4n) is 2.34. The van der Waals surface area contributed by atoms with E-state index in [1.807, 2.05) is 0 Å². The van der Waals surface area contributed by atoms with Gasteiger partial charge in [0.1, 0.15) is 4.34 Å². The molecule has 0 aliphatic carbocycles. The van der Waals surface area contributed by atoms with E-state index in [2.05, 4.69) is 41.2 Å². The summed E-state index contributed by atoms with van der Waals surface area (Å²) in [6, 6.07) is 2.38. The second kappa shape index (κ2) is 6.71. The van der Waals surface area contributed by atoms with E-state index in [9.17, 15) is 0 Å². The maximum absolute atomic E-state index is 6.15. The Hall–Kier alpha value is 0.390. The van der Waals surface area contributed by atoms with Gasteiger partial charge in [0, 0.05) is 16.0 Å². The summed E-state index contributed by atoms with van der Waals surface area (Å²) in [5, 5.41) is 3.60. The molecule has 2 nitrogen and oxygen atoms in total. The molecule has 1 saturated heterocycles. The Labute approximate surface area is 126 Å². The lowest BCUT2D eigenvalue weighted by Gasteiger charge is -2.26. The molecule has 0 amide bonds. The van der Waals surface area contributed by atoms with Crippen LogP contribution in [0.2, 0.25) is 4.34 Å². The van der Waals surface area contributed by atoms with Crippen molar-refractivity contribution in [1.82, 2.24) is 5.32 Å². The molecule has 0 aromatic carbocycles. The lowest BCUT2D eigenvalue weighted by molar-refractivity contribution is 0.0617. The maximum Gasteiger partial charge on any atom is 0.107 e. The Morgan fingerprint density at radius 2 is 2.44 bits per heavy atom. The fourth-order valence-corrected chi connectivity index (χ4v) is 4.19. The molecule has 102 valence electrons. The predicted molar refractivity (Wildman–Crippen MR) is 81.6 cm³/mol. The van der Waals surface area contributed by atoms with Crippen molar-refractivity contribution < 1.29 is 4.74 Å². The molecule has 18 heavy (non-hydrogen) atoms. The topological polar surface area (TPSA) is 21.3 Å². The van der Waals surface area contributed by atoms with E-state index in [4.69, 9.17) is 16.3 Å². The second-order valence-electron chi connectivity index (χ2n) is 4.80. The number of halogens is 2. The van der Waals surface area contributed by atoms with Gasteiger partial charge in [-0.3, -0.25) is 0 Å². The summed E-state index contributed by atoms with van der Waals surface area (Å²) in [6.07, 6.45) is 2.53. The maximum atomic E-state index is 6.15. The predicted octanol–water partition coefficient (Wildman–Crippen LogP) is 4.63. The molecule has 1 aromatic heterocycles. The SMILES string of the molecule is CCCNC(c1cc(Br)c(Cl)s1)C1OCCC1C. The van der Waals surface area contributed by atoms with Gasteiger partial charge in [-0.2, -0.15) is 0 Å². The third kappa shape index (κ3) is 3.28. The molecule has 1 fully saturated rings. The summed E-state index contributed by atoms with van der Waals surface area (Å²) in [6.45, 7) is 6.32. The molecule has 5 heteroatoms. The van der Waals surface area contributed by atoms with Gasteiger partial charge >= 0.3 is 0 Å². The van der Waals surface area contributed by atoms with Gasteiger partial charge in [0.2, 0.25) is 0 Å². The Bertz CT molecular complexity index is 379. The van der Waals surface area contributed by atoms with E-state index < -0.39 is 0 Å². The van der Waals surface area contributed by atoms with Gasteiger partial charge in [-0.1, -0.05) is 25.4 Å². The van der Waals surface area contributed by atoms with Gasteiger partial charge < -0.3 is 10.1 Å². The molecule has 0 radical (unpaired) electrons. The van der Waals surface area contributed by atoms with Crippen molar-refractivity contribution in [3.63, 3.8) is 0 Å². The molecule has 2 heterocycles. The van der Waals surface area contributed by atoms with Crippen molar-refractivity contribution in [1.29, 1.82) is 0 Å². The highest BCUT2D eigenvalue weighted by atomic mass is 79.9. The lowest BCUT2D eigenvalue weighted by Crippen LogP contribution is -2.34. The zero-order valence-corrected chi connectivity index (χ0v) is 13.9. The minimum atomic E-state index is 0.260. The first-order valence-electron chi connectivity index (χ1n) is 6.43. The van der Waals surface area contributed by atoms with Crippen LogP contribution >= 0.6 is 38.9 Å². The molecular weight excluding hydrogens is 334 g/mol. The number of hydrogen-bond donors (Lipinski definition) is 1. The second-order valence-corrected chi connectivity index (χ2v) is 7.34. The number of ether oxygens (including phenoxy) is 1. The highest BCUT2D eigenvalue weighted by molar-refractivity contribution is 9.10. The van der Waals surface area contributed by atoms with E-state index in [-0.39, 0.29) is 12.1 Å². The van der Waals surface area contributed by atoms with Crippen LogP contribution in [0.3, 0.4) is 0 Å². The molecule has 3 atom stereocenters. The molecule has 0 spiro atoms. The number of hydrogen-bond acceptors (Lipinski definition) is 3. The summed E-state index contributed by atoms with van der Waals surface area (Å²) < 4.78 is 7.72. The third-order valence-corrected chi connectivity index (χ3v) is 5.92. The fraction of sp³-hybridized carbons (Fsp3) is 0.692. The van der Waals surface area contributed by atoms with Crippen LogP contribution in [0.5, 0.6) is 0 Å². The zero-order chi connectivity index (χ0) is 13.1. The third-order valence-electron chi connectivity index (χ3n) is 3.36. The van der Waals surface area contributed by atoms with Gasteiger partial charge in [-0.05, 0) is 47.3 Å². The molecule has 0 saturated carbocycles. The van der Waals surface area contributed by atoms with Crippen molar-refractivity contribution in [2.45, 2.75) is 38.8 Å². The zero-order valence-electron chi connectivity index (χ0n) is 10.7. The van der Waals surface area contributed by atoms with Gasteiger partial charge in [0.15, 0.2) is 0 Å². The molecule has 2 rings (SSSR count). The van der Waals surface area contributed by atoms with E-state index in [1.165, 1.54) is 4.88 Å². The highest BCUT2D eigenvalue weighted by Crippen LogP contribution is 2.39. The number of nitrogens with one attached hydrogen (secondary N) is 1. The van der Waals surface area contributed by atoms with E-state index in [0.717, 1.165) is 34.8 Å². The summed E-state index contributed by atoms with van der Waals surface area (Å²) >= 11 is 11.3. The minimum Gasteiger partial charge on any atom is -0.376 e. The normalized spacial score (nSPS) is 25.6. The van der Waals surface area contributed by atoms with E-state index in [0.29, 0.717) is 5.92 Å². The molecule has 1 N–H and O–H groups in total. The Morgan fingerprint density at radius 3 is 2.94 bits per heavy atom. The van der Waals surface area contributed by atoms with Crippen LogP contribution in [0.15, 0.2) is 10.5 Å². The van der Waals surface area contributed by atoms with Gasteiger partial charge in [-0.25, -0.2) is 0 Å². The number of rotatable bonds is 5. The molecule has 0 bridgehead atoms. The van der Waals surface area contributed by atoms with Crippen LogP contribution in [0.1, 0.15) is 37.6 Å². The van der Waals surface area contributed by atoms with Gasteiger partial charge in [0.05, 0.1) is 12.1 Å². The summed E-state index contributed by atoms with van der Waals surface area (Å²) in [5.74, 6) is 0.596. The van der Waals surface area contributed by atoms with Crippen LogP contribution < -0.4 is 5.32 Å². The van der Waals surface area contributed by atoms with Crippen LogP contribution in [-0.2, 0) is 4.74 Å². The quantitative estimate of drug-likeness (QED) is 0.834. The first-order chi connectivity index (χ1) is 8.63. The first-order valence-corrected chi connectivity index (χ1v) is 8.42. The van der Waals surface area contributed by atoms with Crippen LogP contribution in [0.25, 0.3) is 0 Å². The van der Waals surface area contributed by atoms with Crippen molar-refractivity contribution in [2.75, 3.05) is 13.2 Å². The average molecular weight is 353 g/mol. The van der Waals surface area contributed by atoms with E-state index in [1.54, 1.807) is 11.3 Å². The van der Waals surface area contributed by atoms with Crippen molar-refractivity contribution >= 4 is 38.9 Å². The smallest absolute Gasteiger partial charge is 0.107 e. The minimum absolute atomic E-state index is 0.260. The summed E-state index contributed by atoms with van der Waals surface area (Å²) in [7, 11) is 0. The Balaban J connectivity index is 2.18. The van der Waals surface area contributed by atoms with Crippen LogP contribution in [0, 0.1) is 5.92 Å². The van der Waals surface area contributed by atoms with Crippen LogP contribution in [0.4, 0.5) is 0 Å². The molecule has 1 aromatic rings. The molecule has 1 aliphatic rings. The summed E-state index contributed by atoms with van der Waals surface area (Å²) in [5.41, 5.74) is 0. The standard InChI is InChI=1S/C13H19BrClNOS/c1-3-5-16-11(12-8(2)4-6-17-12)10-7-9(14)13(15)18-10/h7-8,11-12,16H,3-6H2,1-2H3. The van der Waals surface area contributed by atoms with Crippen molar-refractivity contribution in [3.05, 3.63) is 19.8 Å². The Morgan fingerprint density at radius 1 is 1.67 bits per heavy atom. The monoisotopic (exact) mass is 351 g/mol. The first kappa shape index (κ1) is 14.8. The van der Waals surface area contributed by atoms with E-state index >= 15 is 0 Å². The highest BCUT2D eigenvalue weighted by Gasteiger charge is 2.33. The molecular formula is C13H19BrClNOS.